The van der Waals surface area contributed by atoms with E-state index in [0.29, 0.717) is 19.0 Å². The van der Waals surface area contributed by atoms with Crippen LogP contribution in [0.5, 0.6) is 0 Å². The maximum Gasteiger partial charge on any atom is 0.419 e. The van der Waals surface area contributed by atoms with Crippen LogP contribution in [0, 0.1) is 5.82 Å². The highest BCUT2D eigenvalue weighted by Gasteiger charge is 2.35. The Morgan fingerprint density at radius 1 is 1.39 bits per heavy atom. The predicted molar refractivity (Wildman–Crippen MR) is 60.4 cm³/mol. The van der Waals surface area contributed by atoms with E-state index in [9.17, 15) is 17.6 Å². The van der Waals surface area contributed by atoms with E-state index in [1.165, 1.54) is 6.07 Å². The fourth-order valence-corrected chi connectivity index (χ4v) is 1.37. The third kappa shape index (κ3) is 3.19. The lowest BCUT2D eigenvalue weighted by Gasteiger charge is -2.12. The maximum atomic E-state index is 13.7. The van der Waals surface area contributed by atoms with Gasteiger partial charge in [-0.05, 0) is 18.6 Å². The van der Waals surface area contributed by atoms with Crippen LogP contribution in [0.2, 0.25) is 0 Å². The number of nitrogens with zero attached hydrogens (tertiary/aromatic N) is 1. The third-order valence-electron chi connectivity index (χ3n) is 2.19. The molecule has 1 aromatic rings. The predicted octanol–water partition coefficient (Wildman–Crippen LogP) is 2.46. The number of rotatable bonds is 3. The van der Waals surface area contributed by atoms with Crippen molar-refractivity contribution in [3.05, 3.63) is 35.1 Å². The van der Waals surface area contributed by atoms with Crippen LogP contribution in [0.3, 0.4) is 0 Å². The van der Waals surface area contributed by atoms with E-state index in [2.05, 4.69) is 10.4 Å². The smallest absolute Gasteiger partial charge is 0.308 e. The van der Waals surface area contributed by atoms with Crippen molar-refractivity contribution < 1.29 is 17.6 Å². The Morgan fingerprint density at radius 3 is 2.56 bits per heavy atom. The van der Waals surface area contributed by atoms with Crippen molar-refractivity contribution in [1.82, 2.24) is 5.43 Å². The van der Waals surface area contributed by atoms with Crippen molar-refractivity contribution in [2.75, 3.05) is 6.54 Å². The van der Waals surface area contributed by atoms with Gasteiger partial charge in [0.25, 0.3) is 0 Å². The van der Waals surface area contributed by atoms with E-state index in [1.807, 2.05) is 6.92 Å². The minimum absolute atomic E-state index is 0.0968. The van der Waals surface area contributed by atoms with Crippen LogP contribution in [0.1, 0.15) is 24.5 Å². The molecule has 0 radical (unpaired) electrons. The molecule has 0 aliphatic heterocycles. The van der Waals surface area contributed by atoms with Crippen LogP contribution in [-0.4, -0.2) is 12.4 Å². The molecule has 0 fully saturated rings. The van der Waals surface area contributed by atoms with Gasteiger partial charge in [0.05, 0.1) is 11.1 Å². The molecule has 1 rings (SSSR count). The van der Waals surface area contributed by atoms with E-state index in [1.54, 1.807) is 0 Å². The summed E-state index contributed by atoms with van der Waals surface area (Å²) >= 11 is 0. The Hall–Kier alpha value is -1.63. The third-order valence-corrected chi connectivity index (χ3v) is 2.19. The van der Waals surface area contributed by atoms with Gasteiger partial charge >= 0.3 is 6.18 Å². The number of hydrazine groups is 1. The van der Waals surface area contributed by atoms with Crippen LogP contribution >= 0.6 is 0 Å². The largest absolute Gasteiger partial charge is 0.419 e. The Balaban J connectivity index is 3.25. The second-order valence-corrected chi connectivity index (χ2v) is 3.54. The zero-order valence-corrected chi connectivity index (χ0v) is 9.68. The summed E-state index contributed by atoms with van der Waals surface area (Å²) in [5.41, 5.74) is 0.491. The molecule has 0 aliphatic carbocycles. The number of halogens is 4. The molecule has 0 aliphatic rings. The Labute approximate surface area is 102 Å². The molecule has 0 amide bonds. The summed E-state index contributed by atoms with van der Waals surface area (Å²) in [7, 11) is 0. The van der Waals surface area contributed by atoms with Crippen molar-refractivity contribution in [3.63, 3.8) is 0 Å². The Bertz CT molecular complexity index is 440. The van der Waals surface area contributed by atoms with Gasteiger partial charge in [-0.1, -0.05) is 13.0 Å². The first-order valence-electron chi connectivity index (χ1n) is 5.29. The first-order chi connectivity index (χ1) is 8.41. The maximum absolute atomic E-state index is 13.7. The molecule has 0 unspecified atom stereocenters. The molecule has 7 heteroatoms. The summed E-state index contributed by atoms with van der Waals surface area (Å²) in [6.45, 7) is 2.18. The van der Waals surface area contributed by atoms with Crippen LogP contribution in [-0.2, 0) is 6.18 Å². The lowest BCUT2D eigenvalue weighted by atomic mass is 10.1. The number of aliphatic imine (C=N–C) groups is 1. The van der Waals surface area contributed by atoms with Gasteiger partial charge in [0.2, 0.25) is 0 Å². The molecule has 0 spiro atoms. The van der Waals surface area contributed by atoms with Crippen molar-refractivity contribution in [2.24, 2.45) is 10.8 Å². The normalized spacial score (nSPS) is 12.7. The highest BCUT2D eigenvalue weighted by atomic mass is 19.4. The molecule has 3 nitrogen and oxygen atoms in total. The molecule has 18 heavy (non-hydrogen) atoms. The number of benzene rings is 1. The van der Waals surface area contributed by atoms with Crippen LogP contribution in [0.15, 0.2) is 23.2 Å². The molecular formula is C11H13F4N3. The number of hydrogen-bond acceptors (Lipinski definition) is 2. The van der Waals surface area contributed by atoms with Crippen molar-refractivity contribution in [2.45, 2.75) is 19.5 Å². The molecular weight excluding hydrogens is 250 g/mol. The summed E-state index contributed by atoms with van der Waals surface area (Å²) in [5, 5.41) is 0. The summed E-state index contributed by atoms with van der Waals surface area (Å²) in [6, 6.07) is 2.98. The highest BCUT2D eigenvalue weighted by Crippen LogP contribution is 2.32. The van der Waals surface area contributed by atoms with E-state index in [4.69, 9.17) is 5.84 Å². The number of hydrogen-bond donors (Lipinski definition) is 2. The quantitative estimate of drug-likeness (QED) is 0.289. The van der Waals surface area contributed by atoms with Crippen molar-refractivity contribution >= 4 is 5.84 Å². The molecule has 0 saturated heterocycles. The molecule has 0 atom stereocenters. The van der Waals surface area contributed by atoms with Crippen LogP contribution in [0.4, 0.5) is 17.6 Å². The van der Waals surface area contributed by atoms with E-state index in [-0.39, 0.29) is 11.4 Å². The van der Waals surface area contributed by atoms with Crippen LogP contribution < -0.4 is 11.3 Å². The van der Waals surface area contributed by atoms with Gasteiger partial charge in [-0.3, -0.25) is 4.99 Å². The standard InChI is InChI=1S/C11H13F4N3/c1-2-6-17-10(18-16)7-4-3-5-8(9(7)12)11(13,14)15/h3-5H,2,6,16H2,1H3,(H,17,18). The average Bonchev–Trinajstić information content (AvgIpc) is 2.30. The lowest BCUT2D eigenvalue weighted by Crippen LogP contribution is -2.32. The van der Waals surface area contributed by atoms with E-state index in [0.717, 1.165) is 6.07 Å². The molecule has 0 saturated carbocycles. The van der Waals surface area contributed by atoms with Crippen LogP contribution in [0.25, 0.3) is 0 Å². The topological polar surface area (TPSA) is 50.4 Å². The highest BCUT2D eigenvalue weighted by molar-refractivity contribution is 5.98. The van der Waals surface area contributed by atoms with E-state index >= 15 is 0 Å². The second kappa shape index (κ2) is 5.81. The van der Waals surface area contributed by atoms with Gasteiger partial charge in [0, 0.05) is 6.54 Å². The average molecular weight is 263 g/mol. The van der Waals surface area contributed by atoms with E-state index < -0.39 is 17.6 Å². The minimum atomic E-state index is -4.75. The first kappa shape index (κ1) is 14.4. The lowest BCUT2D eigenvalue weighted by molar-refractivity contribution is -0.140. The Morgan fingerprint density at radius 2 is 2.06 bits per heavy atom. The monoisotopic (exact) mass is 263 g/mol. The fraction of sp³-hybridized carbons (Fsp3) is 0.364. The number of amidine groups is 1. The summed E-state index contributed by atoms with van der Waals surface area (Å²) in [4.78, 5) is 3.89. The number of nitrogens with one attached hydrogen (secondary N) is 1. The van der Waals surface area contributed by atoms with Crippen molar-refractivity contribution in [3.8, 4) is 0 Å². The zero-order chi connectivity index (χ0) is 13.8. The number of nitrogens with two attached hydrogens (primary N) is 1. The van der Waals surface area contributed by atoms with Gasteiger partial charge < -0.3 is 5.43 Å². The molecule has 0 heterocycles. The Kier molecular flexibility index (Phi) is 4.66. The minimum Gasteiger partial charge on any atom is -0.308 e. The molecule has 1 aromatic carbocycles. The van der Waals surface area contributed by atoms with Gasteiger partial charge in [0.1, 0.15) is 11.7 Å². The molecule has 100 valence electrons. The van der Waals surface area contributed by atoms with Gasteiger partial charge in [-0.2, -0.15) is 13.2 Å². The zero-order valence-electron chi connectivity index (χ0n) is 9.68. The molecule has 0 aromatic heterocycles. The number of alkyl halides is 3. The second-order valence-electron chi connectivity index (χ2n) is 3.54. The summed E-state index contributed by atoms with van der Waals surface area (Å²) in [6.07, 6.45) is -4.07. The van der Waals surface area contributed by atoms with Gasteiger partial charge in [0.15, 0.2) is 0 Å². The SMILES string of the molecule is CCCN=C(NN)c1cccc(C(F)(F)F)c1F. The fourth-order valence-electron chi connectivity index (χ4n) is 1.37. The summed E-state index contributed by atoms with van der Waals surface area (Å²) < 4.78 is 51.3. The van der Waals surface area contributed by atoms with Gasteiger partial charge in [-0.25, -0.2) is 10.2 Å². The molecule has 0 bridgehead atoms. The summed E-state index contributed by atoms with van der Waals surface area (Å²) in [5.74, 6) is 3.67. The van der Waals surface area contributed by atoms with Gasteiger partial charge in [-0.15, -0.1) is 0 Å². The molecule has 3 N–H and O–H groups in total. The van der Waals surface area contributed by atoms with Crippen molar-refractivity contribution in [1.29, 1.82) is 0 Å². The first-order valence-corrected chi connectivity index (χ1v) is 5.29.